The summed E-state index contributed by atoms with van der Waals surface area (Å²) >= 11 is 3.33. The third kappa shape index (κ3) is 7.47. The largest absolute Gasteiger partial charge is 0.423 e. The van der Waals surface area contributed by atoms with Crippen LogP contribution in [0.3, 0.4) is 0 Å². The fourth-order valence-electron chi connectivity index (χ4n) is 3.71. The number of hydrazone groups is 1. The molecule has 0 aliphatic heterocycles. The van der Waals surface area contributed by atoms with Gasteiger partial charge in [-0.15, -0.1) is 0 Å². The first-order valence-electron chi connectivity index (χ1n) is 11.8. The molecule has 0 spiro atoms. The van der Waals surface area contributed by atoms with Crippen LogP contribution in [0.2, 0.25) is 0 Å². The van der Waals surface area contributed by atoms with Crippen molar-refractivity contribution in [2.45, 2.75) is 5.92 Å². The number of amides is 2. The minimum atomic E-state index is -0.545. The highest BCUT2D eigenvalue weighted by atomic mass is 79.9. The second-order valence-corrected chi connectivity index (χ2v) is 9.15. The van der Waals surface area contributed by atoms with E-state index < -0.39 is 17.8 Å². The molecule has 0 heterocycles. The zero-order valence-electron chi connectivity index (χ0n) is 20.2. The molecule has 190 valence electrons. The van der Waals surface area contributed by atoms with Gasteiger partial charge in [-0.1, -0.05) is 94.8 Å². The van der Waals surface area contributed by atoms with Crippen LogP contribution in [0.5, 0.6) is 5.75 Å². The van der Waals surface area contributed by atoms with Crippen LogP contribution in [-0.4, -0.2) is 30.5 Å². The van der Waals surface area contributed by atoms with Crippen LogP contribution < -0.4 is 15.5 Å². The van der Waals surface area contributed by atoms with E-state index in [0.717, 1.165) is 15.6 Å². The van der Waals surface area contributed by atoms with E-state index in [2.05, 4.69) is 31.8 Å². The van der Waals surface area contributed by atoms with Crippen LogP contribution in [0.15, 0.2) is 119 Å². The number of hydrogen-bond acceptors (Lipinski definition) is 5. The summed E-state index contributed by atoms with van der Waals surface area (Å²) in [5, 5.41) is 6.64. The van der Waals surface area contributed by atoms with Crippen LogP contribution in [0.1, 0.15) is 33.0 Å². The smallest absolute Gasteiger partial charge is 0.343 e. The number of rotatable bonds is 9. The highest BCUT2D eigenvalue weighted by Gasteiger charge is 2.22. The van der Waals surface area contributed by atoms with Gasteiger partial charge in [0, 0.05) is 4.47 Å². The van der Waals surface area contributed by atoms with Gasteiger partial charge < -0.3 is 10.1 Å². The maximum absolute atomic E-state index is 13.0. The zero-order chi connectivity index (χ0) is 26.7. The standard InChI is InChI=1S/C30H24BrN3O4/c31-25-15-8-14-24(18-25)30(37)38-26-16-7-9-21(17-26)19-33-34-27(35)20-32-29(36)28(22-10-3-1-4-11-22)23-12-5-2-6-13-23/h1-19,28H,20H2,(H,32,36)(H,34,35)/b33-19-. The van der Waals surface area contributed by atoms with Crippen LogP contribution >= 0.6 is 15.9 Å². The molecule has 0 aliphatic carbocycles. The molecule has 8 heteroatoms. The summed E-state index contributed by atoms with van der Waals surface area (Å²) < 4.78 is 6.20. The molecule has 0 bridgehead atoms. The lowest BCUT2D eigenvalue weighted by Gasteiger charge is -2.17. The van der Waals surface area contributed by atoms with Gasteiger partial charge in [-0.2, -0.15) is 5.10 Å². The fourth-order valence-corrected chi connectivity index (χ4v) is 4.11. The van der Waals surface area contributed by atoms with Crippen LogP contribution in [-0.2, 0) is 9.59 Å². The van der Waals surface area contributed by atoms with Crippen molar-refractivity contribution in [2.75, 3.05) is 6.54 Å². The van der Waals surface area contributed by atoms with Crippen molar-refractivity contribution in [3.63, 3.8) is 0 Å². The maximum atomic E-state index is 13.0. The van der Waals surface area contributed by atoms with Crippen molar-refractivity contribution in [3.8, 4) is 5.75 Å². The first-order chi connectivity index (χ1) is 18.5. The van der Waals surface area contributed by atoms with Gasteiger partial charge >= 0.3 is 5.97 Å². The van der Waals surface area contributed by atoms with Crippen molar-refractivity contribution in [3.05, 3.63) is 136 Å². The summed E-state index contributed by atoms with van der Waals surface area (Å²) in [6.07, 6.45) is 1.42. The minimum absolute atomic E-state index is 0.239. The van der Waals surface area contributed by atoms with Gasteiger partial charge in [0.05, 0.1) is 24.2 Å². The highest BCUT2D eigenvalue weighted by Crippen LogP contribution is 2.24. The van der Waals surface area contributed by atoms with E-state index in [4.69, 9.17) is 4.74 Å². The predicted molar refractivity (Wildman–Crippen MR) is 149 cm³/mol. The fraction of sp³-hybridized carbons (Fsp3) is 0.0667. The molecule has 0 aliphatic rings. The molecule has 0 aromatic heterocycles. The average molecular weight is 570 g/mol. The van der Waals surface area contributed by atoms with Gasteiger partial charge in [-0.25, -0.2) is 10.2 Å². The minimum Gasteiger partial charge on any atom is -0.423 e. The molecule has 4 aromatic rings. The molecule has 0 atom stereocenters. The number of halogens is 1. The van der Waals surface area contributed by atoms with Crippen molar-refractivity contribution in [1.29, 1.82) is 0 Å². The molecule has 0 fully saturated rings. The first kappa shape index (κ1) is 26.5. The van der Waals surface area contributed by atoms with Crippen molar-refractivity contribution in [1.82, 2.24) is 10.7 Å². The number of benzene rings is 4. The molecule has 0 radical (unpaired) electrons. The topological polar surface area (TPSA) is 96.9 Å². The lowest BCUT2D eigenvalue weighted by molar-refractivity contribution is -0.126. The Labute approximate surface area is 228 Å². The van der Waals surface area contributed by atoms with E-state index in [0.29, 0.717) is 16.9 Å². The Morgan fingerprint density at radius 1 is 0.816 bits per heavy atom. The normalized spacial score (nSPS) is 10.8. The van der Waals surface area contributed by atoms with Crippen LogP contribution in [0, 0.1) is 0 Å². The number of nitrogens with zero attached hydrogens (tertiary/aromatic N) is 1. The Balaban J connectivity index is 1.32. The summed E-state index contributed by atoms with van der Waals surface area (Å²) in [7, 11) is 0. The Bertz CT molecular complexity index is 1400. The summed E-state index contributed by atoms with van der Waals surface area (Å²) in [5.41, 5.74) is 5.08. The number of carbonyl (C=O) groups excluding carboxylic acids is 3. The highest BCUT2D eigenvalue weighted by molar-refractivity contribution is 9.10. The van der Waals surface area contributed by atoms with Crippen LogP contribution in [0.25, 0.3) is 0 Å². The van der Waals surface area contributed by atoms with E-state index in [1.54, 1.807) is 42.5 Å². The number of hydrogen-bond donors (Lipinski definition) is 2. The Morgan fingerprint density at radius 3 is 2.13 bits per heavy atom. The first-order valence-corrected chi connectivity index (χ1v) is 12.6. The molecule has 0 saturated heterocycles. The number of carbonyl (C=O) groups is 3. The van der Waals surface area contributed by atoms with E-state index >= 15 is 0 Å². The van der Waals surface area contributed by atoms with Crippen molar-refractivity contribution in [2.24, 2.45) is 5.10 Å². The zero-order valence-corrected chi connectivity index (χ0v) is 21.8. The molecule has 0 saturated carbocycles. The Hall–Kier alpha value is -4.56. The number of esters is 1. The molecule has 2 amide bonds. The summed E-state index contributed by atoms with van der Waals surface area (Å²) in [6, 6.07) is 32.4. The van der Waals surface area contributed by atoms with Gasteiger partial charge in [-0.05, 0) is 47.0 Å². The summed E-state index contributed by atoms with van der Waals surface area (Å²) in [4.78, 5) is 37.7. The number of nitrogens with one attached hydrogen (secondary N) is 2. The average Bonchev–Trinajstić information content (AvgIpc) is 2.93. The van der Waals surface area contributed by atoms with Gasteiger partial charge in [0.2, 0.25) is 5.91 Å². The molecule has 38 heavy (non-hydrogen) atoms. The molecule has 0 unspecified atom stereocenters. The van der Waals surface area contributed by atoms with Gasteiger partial charge in [0.25, 0.3) is 5.91 Å². The second-order valence-electron chi connectivity index (χ2n) is 8.24. The lowest BCUT2D eigenvalue weighted by Crippen LogP contribution is -2.37. The van der Waals surface area contributed by atoms with Gasteiger partial charge in [-0.3, -0.25) is 9.59 Å². The Morgan fingerprint density at radius 2 is 1.47 bits per heavy atom. The van der Waals surface area contributed by atoms with E-state index in [1.165, 1.54) is 6.21 Å². The SMILES string of the molecule is O=C(CNC(=O)C(c1ccccc1)c1ccccc1)N/N=C\c1cccc(OC(=O)c2cccc(Br)c2)c1. The lowest BCUT2D eigenvalue weighted by atomic mass is 9.90. The third-order valence-electron chi connectivity index (χ3n) is 5.48. The Kier molecular flexibility index (Phi) is 9.15. The maximum Gasteiger partial charge on any atom is 0.343 e. The van der Waals surface area contributed by atoms with Gasteiger partial charge in [0.15, 0.2) is 0 Å². The van der Waals surface area contributed by atoms with Crippen LogP contribution in [0.4, 0.5) is 0 Å². The molecule has 2 N–H and O–H groups in total. The van der Waals surface area contributed by atoms with Crippen molar-refractivity contribution >= 4 is 39.9 Å². The number of ether oxygens (including phenoxy) is 1. The van der Waals surface area contributed by atoms with E-state index in [9.17, 15) is 14.4 Å². The quantitative estimate of drug-likeness (QED) is 0.127. The van der Waals surface area contributed by atoms with E-state index in [-0.39, 0.29) is 12.5 Å². The molecular formula is C30H24BrN3O4. The third-order valence-corrected chi connectivity index (χ3v) is 5.98. The molecular weight excluding hydrogens is 546 g/mol. The van der Waals surface area contributed by atoms with Crippen molar-refractivity contribution < 1.29 is 19.1 Å². The summed E-state index contributed by atoms with van der Waals surface area (Å²) in [5.74, 6) is -1.47. The molecule has 4 aromatic carbocycles. The van der Waals surface area contributed by atoms with E-state index in [1.807, 2.05) is 66.7 Å². The van der Waals surface area contributed by atoms with Gasteiger partial charge in [0.1, 0.15) is 5.75 Å². The molecule has 4 rings (SSSR count). The molecule has 7 nitrogen and oxygen atoms in total. The summed E-state index contributed by atoms with van der Waals surface area (Å²) in [6.45, 7) is -0.239. The monoisotopic (exact) mass is 569 g/mol. The predicted octanol–water partition coefficient (Wildman–Crippen LogP) is 5.07. The second kappa shape index (κ2) is 13.1.